The Bertz CT molecular complexity index is 161. The third kappa shape index (κ3) is 2.19. The van der Waals surface area contributed by atoms with Crippen LogP contribution in [0.1, 0.15) is 13.3 Å². The van der Waals surface area contributed by atoms with E-state index < -0.39 is 0 Å². The highest BCUT2D eigenvalue weighted by atomic mass is 16.5. The summed E-state index contributed by atoms with van der Waals surface area (Å²) in [5, 5.41) is 0. The highest BCUT2D eigenvalue weighted by Crippen LogP contribution is 2.05. The normalized spacial score (nSPS) is 24.7. The van der Waals surface area contributed by atoms with Crippen LogP contribution in [0.15, 0.2) is 0 Å². The molecule has 0 aromatic rings. The smallest absolute Gasteiger partial charge is 0.248 e. The summed E-state index contributed by atoms with van der Waals surface area (Å²) in [5.74, 6) is 0.0848. The predicted molar refractivity (Wildman–Crippen MR) is 45.7 cm³/mol. The molecule has 0 aromatic carbocycles. The lowest BCUT2D eigenvalue weighted by Gasteiger charge is -2.31. The number of ether oxygens (including phenoxy) is 1. The van der Waals surface area contributed by atoms with Crippen LogP contribution in [0.3, 0.4) is 0 Å². The maximum Gasteiger partial charge on any atom is 0.248 e. The van der Waals surface area contributed by atoms with Crippen LogP contribution in [-0.2, 0) is 9.53 Å². The van der Waals surface area contributed by atoms with E-state index in [9.17, 15) is 4.79 Å². The van der Waals surface area contributed by atoms with Gasteiger partial charge in [-0.15, -0.1) is 0 Å². The van der Waals surface area contributed by atoms with E-state index in [4.69, 9.17) is 10.5 Å². The summed E-state index contributed by atoms with van der Waals surface area (Å²) < 4.78 is 5.20. The van der Waals surface area contributed by atoms with Crippen molar-refractivity contribution in [1.82, 2.24) is 4.90 Å². The summed E-state index contributed by atoms with van der Waals surface area (Å²) in [5.41, 5.74) is 5.44. The zero-order valence-corrected chi connectivity index (χ0v) is 7.45. The number of morpholine rings is 1. The molecule has 1 aliphatic heterocycles. The molecular weight excluding hydrogens is 156 g/mol. The summed E-state index contributed by atoms with van der Waals surface area (Å²) >= 11 is 0. The minimum Gasteiger partial charge on any atom is -0.365 e. The minimum absolute atomic E-state index is 0.0363. The Kier molecular flexibility index (Phi) is 3.49. The van der Waals surface area contributed by atoms with Gasteiger partial charge >= 0.3 is 0 Å². The van der Waals surface area contributed by atoms with E-state index in [-0.39, 0.29) is 18.6 Å². The average Bonchev–Trinajstić information content (AvgIpc) is 2.09. The molecule has 1 aliphatic rings. The fourth-order valence-electron chi connectivity index (χ4n) is 1.31. The van der Waals surface area contributed by atoms with Crippen LogP contribution in [-0.4, -0.2) is 43.2 Å². The molecule has 0 aliphatic carbocycles. The van der Waals surface area contributed by atoms with Crippen molar-refractivity contribution in [3.05, 3.63) is 0 Å². The number of hydrogen-bond donors (Lipinski definition) is 1. The zero-order valence-electron chi connectivity index (χ0n) is 7.45. The average molecular weight is 172 g/mol. The molecule has 1 amide bonds. The van der Waals surface area contributed by atoms with Crippen LogP contribution in [0, 0.1) is 0 Å². The van der Waals surface area contributed by atoms with E-state index in [1.54, 1.807) is 0 Å². The van der Waals surface area contributed by atoms with Crippen molar-refractivity contribution >= 4 is 5.91 Å². The molecule has 1 saturated heterocycles. The van der Waals surface area contributed by atoms with Crippen LogP contribution in [0.25, 0.3) is 0 Å². The summed E-state index contributed by atoms with van der Waals surface area (Å²) in [7, 11) is 0. The van der Waals surface area contributed by atoms with Crippen molar-refractivity contribution in [2.75, 3.05) is 26.2 Å². The second kappa shape index (κ2) is 4.42. The van der Waals surface area contributed by atoms with E-state index in [0.29, 0.717) is 13.1 Å². The molecule has 0 aromatic heterocycles. The first-order valence-corrected chi connectivity index (χ1v) is 4.37. The summed E-state index contributed by atoms with van der Waals surface area (Å²) in [6.45, 7) is 4.22. The Morgan fingerprint density at radius 2 is 2.50 bits per heavy atom. The lowest BCUT2D eigenvalue weighted by molar-refractivity contribution is -0.148. The van der Waals surface area contributed by atoms with Crippen molar-refractivity contribution < 1.29 is 9.53 Å². The van der Waals surface area contributed by atoms with Gasteiger partial charge in [-0.05, 0) is 6.42 Å². The van der Waals surface area contributed by atoms with Crippen LogP contribution < -0.4 is 5.73 Å². The SMILES string of the molecule is CCCN1C[C@H](CN)OCC1=O. The number of carbonyl (C=O) groups excluding carboxylic acids is 1. The van der Waals surface area contributed by atoms with Gasteiger partial charge in [0, 0.05) is 19.6 Å². The summed E-state index contributed by atoms with van der Waals surface area (Å²) in [6, 6.07) is 0. The van der Waals surface area contributed by atoms with E-state index >= 15 is 0 Å². The fourth-order valence-corrected chi connectivity index (χ4v) is 1.31. The van der Waals surface area contributed by atoms with Gasteiger partial charge in [0.1, 0.15) is 6.61 Å². The monoisotopic (exact) mass is 172 g/mol. The molecular formula is C8H16N2O2. The molecule has 1 fully saturated rings. The van der Waals surface area contributed by atoms with Gasteiger partial charge in [-0.2, -0.15) is 0 Å². The van der Waals surface area contributed by atoms with Gasteiger partial charge in [0.05, 0.1) is 6.10 Å². The van der Waals surface area contributed by atoms with Gasteiger partial charge < -0.3 is 15.4 Å². The van der Waals surface area contributed by atoms with Gasteiger partial charge in [-0.3, -0.25) is 4.79 Å². The lowest BCUT2D eigenvalue weighted by Crippen LogP contribution is -2.49. The molecule has 0 unspecified atom stereocenters. The van der Waals surface area contributed by atoms with Crippen molar-refractivity contribution in [2.24, 2.45) is 5.73 Å². The van der Waals surface area contributed by atoms with E-state index in [1.165, 1.54) is 0 Å². The zero-order chi connectivity index (χ0) is 8.97. The Labute approximate surface area is 72.7 Å². The van der Waals surface area contributed by atoms with Gasteiger partial charge in [0.15, 0.2) is 0 Å². The highest BCUT2D eigenvalue weighted by molar-refractivity contribution is 5.78. The Morgan fingerprint density at radius 1 is 1.75 bits per heavy atom. The van der Waals surface area contributed by atoms with Gasteiger partial charge in [0.2, 0.25) is 5.91 Å². The van der Waals surface area contributed by atoms with Crippen molar-refractivity contribution in [2.45, 2.75) is 19.4 Å². The number of carbonyl (C=O) groups is 1. The molecule has 1 atom stereocenters. The summed E-state index contributed by atoms with van der Waals surface area (Å²) in [6.07, 6.45) is 1.03. The standard InChI is InChI=1S/C8H16N2O2/c1-2-3-10-5-7(4-9)12-6-8(10)11/h7H,2-6,9H2,1H3/t7-/m0/s1. The molecule has 2 N–H and O–H groups in total. The molecule has 4 heteroatoms. The van der Waals surface area contributed by atoms with Crippen LogP contribution in [0.5, 0.6) is 0 Å². The van der Waals surface area contributed by atoms with Gasteiger partial charge in [-0.1, -0.05) is 6.92 Å². The third-order valence-corrected chi connectivity index (χ3v) is 1.98. The summed E-state index contributed by atoms with van der Waals surface area (Å²) in [4.78, 5) is 13.0. The molecule has 0 saturated carbocycles. The topological polar surface area (TPSA) is 55.6 Å². The second-order valence-corrected chi connectivity index (χ2v) is 3.01. The molecule has 4 nitrogen and oxygen atoms in total. The quantitative estimate of drug-likeness (QED) is 0.629. The minimum atomic E-state index is 0.0363. The first-order chi connectivity index (χ1) is 5.77. The van der Waals surface area contributed by atoms with Crippen LogP contribution >= 0.6 is 0 Å². The van der Waals surface area contributed by atoms with E-state index in [2.05, 4.69) is 6.92 Å². The largest absolute Gasteiger partial charge is 0.365 e. The highest BCUT2D eigenvalue weighted by Gasteiger charge is 2.24. The molecule has 12 heavy (non-hydrogen) atoms. The van der Waals surface area contributed by atoms with Gasteiger partial charge in [-0.25, -0.2) is 0 Å². The molecule has 0 spiro atoms. The van der Waals surface area contributed by atoms with Gasteiger partial charge in [0.25, 0.3) is 0 Å². The number of nitrogens with two attached hydrogens (primary N) is 1. The molecule has 1 heterocycles. The first kappa shape index (κ1) is 9.48. The molecule has 70 valence electrons. The predicted octanol–water partition coefficient (Wildman–Crippen LogP) is -0.417. The lowest BCUT2D eigenvalue weighted by atomic mass is 10.2. The van der Waals surface area contributed by atoms with Crippen molar-refractivity contribution in [3.63, 3.8) is 0 Å². The Morgan fingerprint density at radius 3 is 3.08 bits per heavy atom. The Balaban J connectivity index is 2.41. The number of rotatable bonds is 3. The maximum absolute atomic E-state index is 11.2. The van der Waals surface area contributed by atoms with E-state index in [1.807, 2.05) is 4.90 Å². The van der Waals surface area contributed by atoms with Crippen LogP contribution in [0.2, 0.25) is 0 Å². The Hall–Kier alpha value is -0.610. The number of nitrogens with zero attached hydrogens (tertiary/aromatic N) is 1. The molecule has 0 radical (unpaired) electrons. The first-order valence-electron chi connectivity index (χ1n) is 4.37. The van der Waals surface area contributed by atoms with Crippen molar-refractivity contribution in [3.8, 4) is 0 Å². The molecule has 1 rings (SSSR count). The maximum atomic E-state index is 11.2. The number of amides is 1. The van der Waals surface area contributed by atoms with Crippen LogP contribution in [0.4, 0.5) is 0 Å². The van der Waals surface area contributed by atoms with E-state index in [0.717, 1.165) is 13.0 Å². The molecule has 0 bridgehead atoms. The fraction of sp³-hybridized carbons (Fsp3) is 0.875. The van der Waals surface area contributed by atoms with Crippen molar-refractivity contribution in [1.29, 1.82) is 0 Å². The second-order valence-electron chi connectivity index (χ2n) is 3.01. The number of hydrogen-bond acceptors (Lipinski definition) is 3. The third-order valence-electron chi connectivity index (χ3n) is 1.98.